The van der Waals surface area contributed by atoms with Gasteiger partial charge >= 0.3 is 0 Å². The van der Waals surface area contributed by atoms with E-state index in [4.69, 9.17) is 4.74 Å². The van der Waals surface area contributed by atoms with Crippen LogP contribution in [0.15, 0.2) is 41.8 Å². The van der Waals surface area contributed by atoms with E-state index < -0.39 is 0 Å². The molecule has 1 aliphatic rings. The maximum atomic E-state index is 12.5. The van der Waals surface area contributed by atoms with Gasteiger partial charge in [0.05, 0.1) is 6.04 Å². The lowest BCUT2D eigenvalue weighted by Gasteiger charge is -2.38. The molecule has 1 fully saturated rings. The van der Waals surface area contributed by atoms with Crippen molar-refractivity contribution in [3.8, 4) is 5.75 Å². The van der Waals surface area contributed by atoms with Gasteiger partial charge < -0.3 is 15.0 Å². The van der Waals surface area contributed by atoms with Crippen LogP contribution in [-0.2, 0) is 4.79 Å². The zero-order chi connectivity index (χ0) is 20.1. The summed E-state index contributed by atoms with van der Waals surface area (Å²) in [5.41, 5.74) is 0.570. The molecule has 6 heteroatoms. The van der Waals surface area contributed by atoms with Gasteiger partial charge in [0.25, 0.3) is 11.8 Å². The smallest absolute Gasteiger partial charge is 0.260 e. The Bertz CT molecular complexity index is 779. The molecule has 28 heavy (non-hydrogen) atoms. The summed E-state index contributed by atoms with van der Waals surface area (Å²) in [4.78, 5) is 28.0. The predicted octanol–water partition coefficient (Wildman–Crippen LogP) is 4.41. The minimum Gasteiger partial charge on any atom is -0.484 e. The number of nitrogens with zero attached hydrogens (tertiary/aromatic N) is 1. The van der Waals surface area contributed by atoms with Gasteiger partial charge in [-0.3, -0.25) is 9.59 Å². The quantitative estimate of drug-likeness (QED) is 0.781. The number of nitrogens with one attached hydrogen (secondary N) is 1. The highest BCUT2D eigenvalue weighted by Crippen LogP contribution is 2.23. The van der Waals surface area contributed by atoms with Gasteiger partial charge in [0.15, 0.2) is 6.61 Å². The van der Waals surface area contributed by atoms with Crippen molar-refractivity contribution in [1.29, 1.82) is 0 Å². The largest absolute Gasteiger partial charge is 0.484 e. The molecule has 2 heterocycles. The Kier molecular flexibility index (Phi) is 6.73. The molecule has 0 saturated carbocycles. The first kappa shape index (κ1) is 20.4. The molecule has 1 aromatic heterocycles. The SMILES string of the molecule is CC(NC(=O)c1ccc(OCC(=O)N2C(C)CCCC2C)cc1)c1cccs1. The minimum atomic E-state index is -0.125. The second-order valence-corrected chi connectivity index (χ2v) is 8.43. The highest BCUT2D eigenvalue weighted by Gasteiger charge is 2.28. The Morgan fingerprint density at radius 3 is 2.46 bits per heavy atom. The summed E-state index contributed by atoms with van der Waals surface area (Å²) >= 11 is 1.62. The van der Waals surface area contributed by atoms with Crippen LogP contribution in [0.3, 0.4) is 0 Å². The number of hydrogen-bond acceptors (Lipinski definition) is 4. The van der Waals surface area contributed by atoms with Gasteiger partial charge in [0.2, 0.25) is 0 Å². The number of thiophene rings is 1. The fraction of sp³-hybridized carbons (Fsp3) is 0.455. The summed E-state index contributed by atoms with van der Waals surface area (Å²) in [5.74, 6) is 0.485. The molecular weight excluding hydrogens is 372 g/mol. The average Bonchev–Trinajstić information content (AvgIpc) is 3.21. The van der Waals surface area contributed by atoms with E-state index in [0.717, 1.165) is 17.7 Å². The lowest BCUT2D eigenvalue weighted by molar-refractivity contribution is -0.139. The maximum absolute atomic E-state index is 12.5. The minimum absolute atomic E-state index is 0.0197. The molecule has 3 unspecified atom stereocenters. The van der Waals surface area contributed by atoms with Crippen LogP contribution < -0.4 is 10.1 Å². The maximum Gasteiger partial charge on any atom is 0.260 e. The zero-order valence-electron chi connectivity index (χ0n) is 16.7. The van der Waals surface area contributed by atoms with Crippen molar-refractivity contribution in [3.63, 3.8) is 0 Å². The number of rotatable bonds is 6. The molecule has 3 atom stereocenters. The molecule has 0 radical (unpaired) electrons. The summed E-state index contributed by atoms with van der Waals surface area (Å²) in [6.45, 7) is 6.18. The van der Waals surface area contributed by atoms with Gasteiger partial charge in [-0.1, -0.05) is 6.07 Å². The van der Waals surface area contributed by atoms with Crippen LogP contribution in [0.25, 0.3) is 0 Å². The third-order valence-corrected chi connectivity index (χ3v) is 6.33. The molecule has 0 bridgehead atoms. The highest BCUT2D eigenvalue weighted by atomic mass is 32.1. The second-order valence-electron chi connectivity index (χ2n) is 7.45. The fourth-order valence-electron chi connectivity index (χ4n) is 3.72. The molecule has 1 aromatic carbocycles. The van der Waals surface area contributed by atoms with E-state index in [1.54, 1.807) is 35.6 Å². The molecule has 2 aromatic rings. The second kappa shape index (κ2) is 9.24. The van der Waals surface area contributed by atoms with E-state index >= 15 is 0 Å². The van der Waals surface area contributed by atoms with Crippen molar-refractivity contribution in [2.75, 3.05) is 6.61 Å². The fourth-order valence-corrected chi connectivity index (χ4v) is 4.46. The molecule has 0 spiro atoms. The molecular formula is C22H28N2O3S. The first-order valence-corrected chi connectivity index (χ1v) is 10.7. The molecule has 2 amide bonds. The summed E-state index contributed by atoms with van der Waals surface area (Å²) < 4.78 is 5.67. The first-order valence-electron chi connectivity index (χ1n) is 9.84. The van der Waals surface area contributed by atoms with Gasteiger partial charge in [0.1, 0.15) is 5.75 Å². The third kappa shape index (κ3) is 4.93. The highest BCUT2D eigenvalue weighted by molar-refractivity contribution is 7.10. The number of likely N-dealkylation sites (tertiary alicyclic amines) is 1. The van der Waals surface area contributed by atoms with Gasteiger partial charge in [-0.15, -0.1) is 11.3 Å². The standard InChI is InChI=1S/C22H28N2O3S/c1-15-6-4-7-16(2)24(15)21(25)14-27-19-11-9-18(10-12-19)22(26)23-17(3)20-8-5-13-28-20/h5,8-13,15-17H,4,6-7,14H2,1-3H3,(H,23,26). The van der Waals surface area contributed by atoms with Crippen LogP contribution >= 0.6 is 11.3 Å². The first-order chi connectivity index (χ1) is 13.5. The Hall–Kier alpha value is -2.34. The van der Waals surface area contributed by atoms with Crippen molar-refractivity contribution in [1.82, 2.24) is 10.2 Å². The van der Waals surface area contributed by atoms with E-state index in [-0.39, 0.29) is 36.5 Å². The van der Waals surface area contributed by atoms with Crippen LogP contribution in [0.4, 0.5) is 0 Å². The summed E-state index contributed by atoms with van der Waals surface area (Å²) in [6.07, 6.45) is 3.26. The number of carbonyl (C=O) groups excluding carboxylic acids is 2. The Morgan fingerprint density at radius 1 is 1.18 bits per heavy atom. The van der Waals surface area contributed by atoms with Crippen LogP contribution in [0, 0.1) is 0 Å². The summed E-state index contributed by atoms with van der Waals surface area (Å²) in [5, 5.41) is 4.99. The van der Waals surface area contributed by atoms with Crippen molar-refractivity contribution >= 4 is 23.2 Å². The van der Waals surface area contributed by atoms with Crippen molar-refractivity contribution in [3.05, 3.63) is 52.2 Å². The van der Waals surface area contributed by atoms with Gasteiger partial charge in [-0.05, 0) is 75.7 Å². The topological polar surface area (TPSA) is 58.6 Å². The van der Waals surface area contributed by atoms with Gasteiger partial charge in [0, 0.05) is 22.5 Å². The van der Waals surface area contributed by atoms with Crippen molar-refractivity contribution < 1.29 is 14.3 Å². The van der Waals surface area contributed by atoms with Crippen molar-refractivity contribution in [2.45, 2.75) is 58.2 Å². The molecule has 1 saturated heterocycles. The van der Waals surface area contributed by atoms with E-state index in [2.05, 4.69) is 19.2 Å². The van der Waals surface area contributed by atoms with Crippen LogP contribution in [0.5, 0.6) is 5.75 Å². The van der Waals surface area contributed by atoms with Crippen LogP contribution in [0.1, 0.15) is 61.3 Å². The van der Waals surface area contributed by atoms with Gasteiger partial charge in [-0.2, -0.15) is 0 Å². The van der Waals surface area contributed by atoms with E-state index in [9.17, 15) is 9.59 Å². The van der Waals surface area contributed by atoms with E-state index in [1.807, 2.05) is 29.3 Å². The zero-order valence-corrected chi connectivity index (χ0v) is 17.5. The van der Waals surface area contributed by atoms with Crippen LogP contribution in [0.2, 0.25) is 0 Å². The lowest BCUT2D eigenvalue weighted by Crippen LogP contribution is -2.49. The number of hydrogen-bond donors (Lipinski definition) is 1. The Morgan fingerprint density at radius 2 is 1.86 bits per heavy atom. The van der Waals surface area contributed by atoms with Gasteiger partial charge in [-0.25, -0.2) is 0 Å². The molecule has 1 N–H and O–H groups in total. The predicted molar refractivity (Wildman–Crippen MR) is 112 cm³/mol. The third-order valence-electron chi connectivity index (χ3n) is 5.28. The monoisotopic (exact) mass is 400 g/mol. The number of carbonyl (C=O) groups is 2. The summed E-state index contributed by atoms with van der Waals surface area (Å²) in [7, 11) is 0. The Labute approximate surface area is 170 Å². The van der Waals surface area contributed by atoms with Crippen LogP contribution in [-0.4, -0.2) is 35.4 Å². The number of piperidine rings is 1. The molecule has 150 valence electrons. The van der Waals surface area contributed by atoms with E-state index in [0.29, 0.717) is 11.3 Å². The summed E-state index contributed by atoms with van der Waals surface area (Å²) in [6, 6.07) is 11.4. The Balaban J connectivity index is 1.52. The molecule has 5 nitrogen and oxygen atoms in total. The number of amides is 2. The van der Waals surface area contributed by atoms with Crippen molar-refractivity contribution in [2.24, 2.45) is 0 Å². The van der Waals surface area contributed by atoms with E-state index in [1.165, 1.54) is 6.42 Å². The number of benzene rings is 1. The molecule has 1 aliphatic heterocycles. The molecule has 3 rings (SSSR count). The lowest BCUT2D eigenvalue weighted by atomic mass is 9.97. The molecule has 0 aliphatic carbocycles. The average molecular weight is 401 g/mol. The normalized spacial score (nSPS) is 20.5. The number of ether oxygens (including phenoxy) is 1.